The number of hydrogen-bond donors (Lipinski definition) is 0. The minimum atomic E-state index is -0.00503. The fourth-order valence-electron chi connectivity index (χ4n) is 9.62. The highest BCUT2D eigenvalue weighted by Gasteiger charge is 2.57. The molecule has 0 amide bonds. The van der Waals surface area contributed by atoms with Crippen LogP contribution >= 0.6 is 0 Å². The van der Waals surface area contributed by atoms with Crippen LogP contribution in [0.25, 0.3) is 45.2 Å². The Kier molecular flexibility index (Phi) is 6.02. The van der Waals surface area contributed by atoms with Gasteiger partial charge in [0.15, 0.2) is 0 Å². The summed E-state index contributed by atoms with van der Waals surface area (Å²) in [5.41, 5.74) is 15.4. The van der Waals surface area contributed by atoms with E-state index in [0.717, 1.165) is 0 Å². The lowest BCUT2D eigenvalue weighted by Gasteiger charge is -2.53. The summed E-state index contributed by atoms with van der Waals surface area (Å²) in [4.78, 5) is 0. The molecule has 248 valence electrons. The van der Waals surface area contributed by atoms with Crippen molar-refractivity contribution in [2.75, 3.05) is 5.01 Å². The molecule has 53 heavy (non-hydrogen) atoms. The normalized spacial score (nSPS) is 21.7. The van der Waals surface area contributed by atoms with Crippen LogP contribution < -0.4 is 15.4 Å². The lowest BCUT2D eigenvalue weighted by atomic mass is 9.78. The molecule has 12 rings (SSSR count). The predicted octanol–water partition coefficient (Wildman–Crippen LogP) is 8.97. The number of hydrogen-bond acceptors (Lipinski definition) is 2. The van der Waals surface area contributed by atoms with Gasteiger partial charge >= 0.3 is 0 Å². The molecule has 3 aliphatic heterocycles. The number of benzene rings is 6. The molecule has 0 radical (unpaired) electrons. The van der Waals surface area contributed by atoms with Gasteiger partial charge in [0.05, 0.1) is 11.7 Å². The molecule has 6 aromatic rings. The van der Waals surface area contributed by atoms with E-state index < -0.39 is 0 Å². The largest absolute Gasteiger partial charge is 0.291 e. The maximum atomic E-state index is 2.71. The van der Waals surface area contributed by atoms with Gasteiger partial charge in [-0.2, -0.15) is 9.58 Å². The highest BCUT2D eigenvalue weighted by molar-refractivity contribution is 6.16. The van der Waals surface area contributed by atoms with Crippen LogP contribution in [-0.2, 0) is 0 Å². The number of rotatable bonds is 3. The number of fused-ring (bicyclic) bond motifs is 8. The Morgan fingerprint density at radius 3 is 2.02 bits per heavy atom. The molecule has 0 N–H and O–H groups in total. The van der Waals surface area contributed by atoms with E-state index in [9.17, 15) is 0 Å². The number of para-hydroxylation sites is 1. The van der Waals surface area contributed by atoms with Gasteiger partial charge in [0.25, 0.3) is 0 Å². The molecule has 3 heterocycles. The Morgan fingerprint density at radius 2 is 1.25 bits per heavy atom. The summed E-state index contributed by atoms with van der Waals surface area (Å²) in [7, 11) is 0. The van der Waals surface area contributed by atoms with E-state index in [2.05, 4.69) is 203 Å². The molecular weight excluding hydrogens is 643 g/mol. The first kappa shape index (κ1) is 29.1. The SMILES string of the molecule is C1=CC2=C3C=C(c4ccccc4)C=C4c5cc(-c6ccccc6)ccc5N(C43)N3C4C=c5cc6ccccc6cc5=CC4=[N+](c4ccccc4)C(=C1)C23. The summed E-state index contributed by atoms with van der Waals surface area (Å²) in [6.45, 7) is 0. The van der Waals surface area contributed by atoms with Crippen LogP contribution in [0.15, 0.2) is 193 Å². The molecule has 6 aliphatic rings. The van der Waals surface area contributed by atoms with Crippen molar-refractivity contribution in [3.05, 3.63) is 214 Å². The van der Waals surface area contributed by atoms with Crippen molar-refractivity contribution < 1.29 is 4.58 Å². The van der Waals surface area contributed by atoms with Crippen LogP contribution in [0.3, 0.4) is 0 Å². The molecule has 0 bridgehead atoms. The fraction of sp³-hybridized carbons (Fsp3) is 0.0600. The van der Waals surface area contributed by atoms with Crippen molar-refractivity contribution >= 4 is 51.2 Å². The predicted molar refractivity (Wildman–Crippen MR) is 218 cm³/mol. The van der Waals surface area contributed by atoms with Crippen molar-refractivity contribution in [2.45, 2.75) is 18.1 Å². The standard InChI is InChI=1S/C50H34N3/c1-4-13-32(14-5-1)36-23-24-45-42(27-36)44-29-39(33-15-6-2-7-16-33)28-43-41-21-12-22-46-50(41)53(52(45)49(43)44)48-31-38-26-35-18-11-10-17-34(35)25-37(38)30-47(48)51(46)40-19-8-3-9-20-40/h1-31,48-50H/q+1. The second-order valence-corrected chi connectivity index (χ2v) is 14.7. The molecule has 3 nitrogen and oxygen atoms in total. The summed E-state index contributed by atoms with van der Waals surface area (Å²) in [5, 5.41) is 10.5. The molecule has 3 heteroatoms. The fourth-order valence-corrected chi connectivity index (χ4v) is 9.62. The van der Waals surface area contributed by atoms with Gasteiger partial charge in [-0.25, -0.2) is 0 Å². The molecule has 0 fully saturated rings. The molecule has 0 saturated carbocycles. The van der Waals surface area contributed by atoms with E-state index in [1.807, 2.05) is 0 Å². The third kappa shape index (κ3) is 4.17. The summed E-state index contributed by atoms with van der Waals surface area (Å²) in [6, 6.07) is 53.3. The van der Waals surface area contributed by atoms with Gasteiger partial charge in [0, 0.05) is 29.8 Å². The average Bonchev–Trinajstić information content (AvgIpc) is 3.55. The Hall–Kier alpha value is -6.55. The Labute approximate surface area is 308 Å². The summed E-state index contributed by atoms with van der Waals surface area (Å²) >= 11 is 0. The smallest absolute Gasteiger partial charge is 0.211 e. The summed E-state index contributed by atoms with van der Waals surface area (Å²) < 4.78 is 2.54. The Bertz CT molecular complexity index is 2890. The van der Waals surface area contributed by atoms with E-state index >= 15 is 0 Å². The molecule has 0 spiro atoms. The number of anilines is 1. The average molecular weight is 677 g/mol. The zero-order chi connectivity index (χ0) is 34.6. The quantitative estimate of drug-likeness (QED) is 0.173. The molecule has 3 unspecified atom stereocenters. The van der Waals surface area contributed by atoms with Gasteiger partial charge < -0.3 is 0 Å². The zero-order valence-electron chi connectivity index (χ0n) is 29.0. The number of nitrogens with zero attached hydrogens (tertiary/aromatic N) is 3. The Morgan fingerprint density at radius 1 is 0.547 bits per heavy atom. The minimum Gasteiger partial charge on any atom is -0.291 e. The third-order valence-corrected chi connectivity index (χ3v) is 11.9. The van der Waals surface area contributed by atoms with Crippen LogP contribution in [0.1, 0.15) is 11.1 Å². The first-order valence-electron chi connectivity index (χ1n) is 18.6. The Balaban J connectivity index is 1.17. The van der Waals surface area contributed by atoms with Gasteiger partial charge in [-0.1, -0.05) is 121 Å². The highest BCUT2D eigenvalue weighted by atomic mass is 15.7. The van der Waals surface area contributed by atoms with E-state index in [1.165, 1.54) is 88.5 Å². The van der Waals surface area contributed by atoms with Crippen molar-refractivity contribution in [3.8, 4) is 11.1 Å². The van der Waals surface area contributed by atoms with Crippen molar-refractivity contribution in [1.82, 2.24) is 5.01 Å². The monoisotopic (exact) mass is 676 g/mol. The van der Waals surface area contributed by atoms with Gasteiger partial charge in [-0.15, -0.1) is 0 Å². The van der Waals surface area contributed by atoms with E-state index in [1.54, 1.807) is 0 Å². The summed E-state index contributed by atoms with van der Waals surface area (Å²) in [5.74, 6) is 0. The van der Waals surface area contributed by atoms with Crippen molar-refractivity contribution in [3.63, 3.8) is 0 Å². The van der Waals surface area contributed by atoms with E-state index in [-0.39, 0.29) is 18.1 Å². The lowest BCUT2D eigenvalue weighted by molar-refractivity contribution is -0.400. The van der Waals surface area contributed by atoms with Crippen LogP contribution in [0.5, 0.6) is 0 Å². The van der Waals surface area contributed by atoms with Gasteiger partial charge in [0.2, 0.25) is 17.1 Å². The second-order valence-electron chi connectivity index (χ2n) is 14.7. The molecule has 3 atom stereocenters. The van der Waals surface area contributed by atoms with E-state index in [4.69, 9.17) is 0 Å². The summed E-state index contributed by atoms with van der Waals surface area (Å²) in [6.07, 6.45) is 16.9. The highest BCUT2D eigenvalue weighted by Crippen LogP contribution is 2.55. The zero-order valence-corrected chi connectivity index (χ0v) is 29.0. The maximum absolute atomic E-state index is 2.71. The second kappa shape index (κ2) is 11.0. The van der Waals surface area contributed by atoms with Crippen LogP contribution in [0.4, 0.5) is 11.4 Å². The van der Waals surface area contributed by atoms with Crippen LogP contribution in [0.2, 0.25) is 0 Å². The molecule has 0 aromatic heterocycles. The van der Waals surface area contributed by atoms with Gasteiger partial charge in [0.1, 0.15) is 12.1 Å². The number of hydrazine groups is 1. The first-order valence-corrected chi connectivity index (χ1v) is 18.6. The topological polar surface area (TPSA) is 9.49 Å². The lowest BCUT2D eigenvalue weighted by Crippen LogP contribution is -2.67. The first-order chi connectivity index (χ1) is 26.3. The number of allylic oxidation sites excluding steroid dienone is 4. The minimum absolute atomic E-state index is 0.00503. The van der Waals surface area contributed by atoms with Gasteiger partial charge in [-0.05, 0) is 103 Å². The van der Waals surface area contributed by atoms with Crippen LogP contribution in [0, 0.1) is 0 Å². The third-order valence-electron chi connectivity index (χ3n) is 11.9. The van der Waals surface area contributed by atoms with Crippen molar-refractivity contribution in [2.24, 2.45) is 0 Å². The molecular formula is C50H34N3+. The van der Waals surface area contributed by atoms with E-state index in [0.29, 0.717) is 0 Å². The molecule has 0 saturated heterocycles. The molecule has 6 aromatic carbocycles. The van der Waals surface area contributed by atoms with Gasteiger partial charge in [-0.3, -0.25) is 5.01 Å². The molecule has 3 aliphatic carbocycles. The van der Waals surface area contributed by atoms with Crippen molar-refractivity contribution in [1.29, 1.82) is 0 Å². The maximum Gasteiger partial charge on any atom is 0.211 e. The van der Waals surface area contributed by atoms with Crippen LogP contribution in [-0.4, -0.2) is 33.4 Å².